The maximum absolute atomic E-state index is 11.7. The van der Waals surface area contributed by atoms with Crippen LogP contribution in [0.25, 0.3) is 0 Å². The summed E-state index contributed by atoms with van der Waals surface area (Å²) in [6.45, 7) is 2.65. The molecule has 2 rings (SSSR count). The molecule has 1 aromatic heterocycles. The van der Waals surface area contributed by atoms with Gasteiger partial charge < -0.3 is 20.6 Å². The number of nitrogens with zero attached hydrogens (tertiary/aromatic N) is 4. The Bertz CT molecular complexity index is 821. The first-order chi connectivity index (χ1) is 12.9. The fourth-order valence-corrected chi connectivity index (χ4v) is 3.31. The third-order valence-electron chi connectivity index (χ3n) is 4.37. The number of nitriles is 2. The molecule has 0 aromatic carbocycles. The summed E-state index contributed by atoms with van der Waals surface area (Å²) in [4.78, 5) is 28.3. The van der Waals surface area contributed by atoms with Gasteiger partial charge in [0, 0.05) is 19.1 Å². The van der Waals surface area contributed by atoms with E-state index in [1.807, 2.05) is 23.2 Å². The van der Waals surface area contributed by atoms with Gasteiger partial charge in [0.15, 0.2) is 0 Å². The summed E-state index contributed by atoms with van der Waals surface area (Å²) in [5.74, 6) is 0.0667. The molecule has 0 unspecified atom stereocenters. The molecule has 1 fully saturated rings. The first-order valence-corrected chi connectivity index (χ1v) is 8.82. The zero-order chi connectivity index (χ0) is 20.0. The molecule has 142 valence electrons. The Labute approximate surface area is 161 Å². The van der Waals surface area contributed by atoms with Crippen molar-refractivity contribution in [3.63, 3.8) is 0 Å². The van der Waals surface area contributed by atoms with E-state index in [2.05, 4.69) is 16.4 Å². The smallest absolute Gasteiger partial charge is 0.405 e. The number of carbonyl (C=O) groups excluding carboxylic acids is 1. The topological polar surface area (TPSA) is 142 Å². The Morgan fingerprint density at radius 2 is 1.93 bits per heavy atom. The highest BCUT2D eigenvalue weighted by Crippen LogP contribution is 2.30. The van der Waals surface area contributed by atoms with Crippen molar-refractivity contribution in [1.82, 2.24) is 15.6 Å². The molecule has 0 atom stereocenters. The van der Waals surface area contributed by atoms with E-state index in [1.165, 1.54) is 0 Å². The monoisotopic (exact) mass is 390 g/mol. The highest BCUT2D eigenvalue weighted by Gasteiger charge is 2.26. The summed E-state index contributed by atoms with van der Waals surface area (Å²) >= 11 is 6.14. The number of rotatable bonds is 5. The molecule has 1 aromatic rings. The minimum absolute atomic E-state index is 0.0820. The number of aromatic nitrogens is 1. The lowest BCUT2D eigenvalue weighted by Crippen LogP contribution is -2.47. The van der Waals surface area contributed by atoms with Crippen LogP contribution in [0.15, 0.2) is 0 Å². The highest BCUT2D eigenvalue weighted by molar-refractivity contribution is 6.30. The van der Waals surface area contributed by atoms with Crippen LogP contribution in [0.5, 0.6) is 0 Å². The Morgan fingerprint density at radius 1 is 1.30 bits per heavy atom. The quantitative estimate of drug-likeness (QED) is 0.644. The lowest BCUT2D eigenvalue weighted by molar-refractivity contribution is -0.121. The minimum atomic E-state index is -1.25. The van der Waals surface area contributed by atoms with Crippen molar-refractivity contribution >= 4 is 29.4 Å². The van der Waals surface area contributed by atoms with Crippen LogP contribution in [-0.2, 0) is 11.2 Å². The fraction of sp³-hybridized carbons (Fsp3) is 0.471. The molecular formula is C17H19ClN6O3. The average Bonchev–Trinajstić information content (AvgIpc) is 2.66. The van der Waals surface area contributed by atoms with Gasteiger partial charge in [-0.25, -0.2) is 9.78 Å². The SMILES string of the molecule is CCc1c(C#N)c(Cl)nc(N2CCC(NC(=O)CNC(=O)O)CC2)c1C#N. The number of hydrogen-bond donors (Lipinski definition) is 3. The number of halogens is 1. The van der Waals surface area contributed by atoms with E-state index in [-0.39, 0.29) is 29.2 Å². The van der Waals surface area contributed by atoms with Gasteiger partial charge in [0.1, 0.15) is 23.1 Å². The van der Waals surface area contributed by atoms with E-state index in [9.17, 15) is 20.1 Å². The second-order valence-electron chi connectivity index (χ2n) is 6.02. The first-order valence-electron chi connectivity index (χ1n) is 8.44. The largest absolute Gasteiger partial charge is 0.465 e. The molecule has 0 aliphatic carbocycles. The number of amides is 2. The Hall–Kier alpha value is -3.04. The maximum atomic E-state index is 11.7. The summed E-state index contributed by atoms with van der Waals surface area (Å²) in [7, 11) is 0. The van der Waals surface area contributed by atoms with Crippen molar-refractivity contribution in [2.75, 3.05) is 24.5 Å². The van der Waals surface area contributed by atoms with Gasteiger partial charge in [-0.15, -0.1) is 0 Å². The molecule has 0 bridgehead atoms. The predicted octanol–water partition coefficient (Wildman–Crippen LogP) is 1.39. The van der Waals surface area contributed by atoms with Crippen LogP contribution in [-0.4, -0.2) is 47.8 Å². The lowest BCUT2D eigenvalue weighted by atomic mass is 10.00. The van der Waals surface area contributed by atoms with Gasteiger partial charge in [0.25, 0.3) is 0 Å². The van der Waals surface area contributed by atoms with E-state index in [1.54, 1.807) is 0 Å². The molecule has 1 aliphatic heterocycles. The van der Waals surface area contributed by atoms with Crippen LogP contribution in [0.2, 0.25) is 5.15 Å². The molecular weight excluding hydrogens is 372 g/mol. The van der Waals surface area contributed by atoms with E-state index >= 15 is 0 Å². The Kier molecular flexibility index (Phi) is 6.80. The van der Waals surface area contributed by atoms with Crippen LogP contribution >= 0.6 is 11.6 Å². The molecule has 10 heteroatoms. The van der Waals surface area contributed by atoms with Crippen LogP contribution in [0.3, 0.4) is 0 Å². The van der Waals surface area contributed by atoms with Crippen LogP contribution in [0.4, 0.5) is 10.6 Å². The zero-order valence-corrected chi connectivity index (χ0v) is 15.5. The van der Waals surface area contributed by atoms with Gasteiger partial charge in [-0.05, 0) is 24.8 Å². The number of carbonyl (C=O) groups is 2. The van der Waals surface area contributed by atoms with Gasteiger partial charge in [-0.2, -0.15) is 10.5 Å². The summed E-state index contributed by atoms with van der Waals surface area (Å²) in [6, 6.07) is 4.06. The molecule has 0 spiro atoms. The molecule has 0 radical (unpaired) electrons. The molecule has 0 saturated carbocycles. The van der Waals surface area contributed by atoms with Gasteiger partial charge in [-0.1, -0.05) is 18.5 Å². The standard InChI is InChI=1S/C17H19ClN6O3/c1-2-11-12(7-19)15(18)23-16(13(11)8-20)24-5-3-10(4-6-24)22-14(25)9-21-17(26)27/h10,21H,2-6,9H2,1H3,(H,22,25)(H,26,27). The summed E-state index contributed by atoms with van der Waals surface area (Å²) in [5, 5.41) is 32.2. The zero-order valence-electron chi connectivity index (χ0n) is 14.8. The second kappa shape index (κ2) is 9.06. The second-order valence-corrected chi connectivity index (χ2v) is 6.38. The molecule has 2 amide bonds. The number of hydrogen-bond acceptors (Lipinski definition) is 6. The van der Waals surface area contributed by atoms with E-state index in [0.29, 0.717) is 49.3 Å². The third-order valence-corrected chi connectivity index (χ3v) is 4.65. The average molecular weight is 391 g/mol. The van der Waals surface area contributed by atoms with Crippen molar-refractivity contribution in [2.24, 2.45) is 0 Å². The Morgan fingerprint density at radius 3 is 2.44 bits per heavy atom. The maximum Gasteiger partial charge on any atom is 0.405 e. The molecule has 2 heterocycles. The lowest BCUT2D eigenvalue weighted by Gasteiger charge is -2.34. The number of anilines is 1. The number of carboxylic acid groups (broad SMARTS) is 1. The van der Waals surface area contributed by atoms with Gasteiger partial charge in [0.2, 0.25) is 5.91 Å². The van der Waals surface area contributed by atoms with E-state index < -0.39 is 6.09 Å². The molecule has 3 N–H and O–H groups in total. The van der Waals surface area contributed by atoms with Crippen molar-refractivity contribution in [1.29, 1.82) is 10.5 Å². The molecule has 1 aliphatic rings. The van der Waals surface area contributed by atoms with Gasteiger partial charge >= 0.3 is 6.09 Å². The van der Waals surface area contributed by atoms with E-state index in [4.69, 9.17) is 16.7 Å². The Balaban J connectivity index is 2.09. The van der Waals surface area contributed by atoms with Crippen molar-refractivity contribution < 1.29 is 14.7 Å². The first kappa shape index (κ1) is 20.3. The fourth-order valence-electron chi connectivity index (χ4n) is 3.07. The summed E-state index contributed by atoms with van der Waals surface area (Å²) in [6.07, 6.45) is 0.471. The van der Waals surface area contributed by atoms with Crippen LogP contribution in [0.1, 0.15) is 36.5 Å². The van der Waals surface area contributed by atoms with Crippen molar-refractivity contribution in [3.8, 4) is 12.1 Å². The predicted molar refractivity (Wildman–Crippen MR) is 97.5 cm³/mol. The number of pyridine rings is 1. The summed E-state index contributed by atoms with van der Waals surface area (Å²) in [5.41, 5.74) is 1.17. The highest BCUT2D eigenvalue weighted by atomic mass is 35.5. The van der Waals surface area contributed by atoms with Crippen LogP contribution in [0, 0.1) is 22.7 Å². The van der Waals surface area contributed by atoms with Crippen molar-refractivity contribution in [2.45, 2.75) is 32.2 Å². The normalized spacial score (nSPS) is 14.1. The van der Waals surface area contributed by atoms with Crippen LogP contribution < -0.4 is 15.5 Å². The number of nitrogens with one attached hydrogen (secondary N) is 2. The summed E-state index contributed by atoms with van der Waals surface area (Å²) < 4.78 is 0. The van der Waals surface area contributed by atoms with Crippen molar-refractivity contribution in [3.05, 3.63) is 21.8 Å². The molecule has 1 saturated heterocycles. The van der Waals surface area contributed by atoms with Gasteiger partial charge in [-0.3, -0.25) is 4.79 Å². The molecule has 9 nitrogen and oxygen atoms in total. The van der Waals surface area contributed by atoms with E-state index in [0.717, 1.165) is 0 Å². The molecule has 27 heavy (non-hydrogen) atoms. The number of piperidine rings is 1. The minimum Gasteiger partial charge on any atom is -0.465 e. The third kappa shape index (κ3) is 4.78. The van der Waals surface area contributed by atoms with Gasteiger partial charge in [0.05, 0.1) is 17.7 Å².